The number of rotatable bonds is 6. The van der Waals surface area contributed by atoms with Gasteiger partial charge in [-0.25, -0.2) is 0 Å². The van der Waals surface area contributed by atoms with Gasteiger partial charge in [0.1, 0.15) is 5.75 Å². The molecule has 2 N–H and O–H groups in total. The van der Waals surface area contributed by atoms with Crippen LogP contribution in [0.1, 0.15) is 24.8 Å². The Morgan fingerprint density at radius 2 is 2.00 bits per heavy atom. The van der Waals surface area contributed by atoms with Gasteiger partial charge in [-0.05, 0) is 23.6 Å². The first-order chi connectivity index (χ1) is 8.45. The second-order valence-corrected chi connectivity index (χ2v) is 4.11. The molecular formula is C13H16O5. The minimum absolute atomic E-state index is 0.395. The third-order valence-electron chi connectivity index (χ3n) is 2.93. The third-order valence-corrected chi connectivity index (χ3v) is 2.93. The maximum absolute atomic E-state index is 11.1. The van der Waals surface area contributed by atoms with Crippen molar-refractivity contribution in [2.24, 2.45) is 5.92 Å². The van der Waals surface area contributed by atoms with E-state index in [1.807, 2.05) is 0 Å². The Balaban J connectivity index is 2.97. The van der Waals surface area contributed by atoms with Gasteiger partial charge >= 0.3 is 11.9 Å². The van der Waals surface area contributed by atoms with Crippen molar-refractivity contribution in [3.8, 4) is 5.75 Å². The number of carbonyl (C=O) groups is 2. The molecule has 1 rings (SSSR count). The summed E-state index contributed by atoms with van der Waals surface area (Å²) >= 11 is 0. The Kier molecular flexibility index (Phi) is 4.71. The molecule has 0 radical (unpaired) electrons. The fourth-order valence-corrected chi connectivity index (χ4v) is 1.82. The number of carboxylic acid groups (broad SMARTS) is 2. The Morgan fingerprint density at radius 3 is 2.50 bits per heavy atom. The molecule has 0 aliphatic rings. The van der Waals surface area contributed by atoms with Gasteiger partial charge in [0.15, 0.2) is 0 Å². The van der Waals surface area contributed by atoms with Crippen molar-refractivity contribution >= 4 is 11.9 Å². The van der Waals surface area contributed by atoms with Crippen molar-refractivity contribution in [1.29, 1.82) is 0 Å². The molecule has 0 unspecified atom stereocenters. The predicted molar refractivity (Wildman–Crippen MR) is 64.8 cm³/mol. The number of benzene rings is 1. The van der Waals surface area contributed by atoms with Crippen LogP contribution < -0.4 is 4.74 Å². The molecule has 0 heterocycles. The fraction of sp³-hybridized carbons (Fsp3) is 0.385. The van der Waals surface area contributed by atoms with Gasteiger partial charge in [0.25, 0.3) is 0 Å². The van der Waals surface area contributed by atoms with Crippen LogP contribution in [0.5, 0.6) is 5.75 Å². The first-order valence-electron chi connectivity index (χ1n) is 5.54. The summed E-state index contributed by atoms with van der Waals surface area (Å²) in [5.74, 6) is -2.94. The Hall–Kier alpha value is -2.04. The average molecular weight is 252 g/mol. The maximum Gasteiger partial charge on any atom is 0.307 e. The number of hydrogen-bond donors (Lipinski definition) is 2. The Labute approximate surface area is 105 Å². The molecule has 5 nitrogen and oxygen atoms in total. The SMILES string of the molecule is COc1cccc([C@@H](C)[C@@H](CC(=O)O)C(=O)O)c1. The molecule has 0 aromatic heterocycles. The number of aliphatic carboxylic acids is 2. The number of ether oxygens (including phenoxy) is 1. The normalized spacial score (nSPS) is 13.7. The largest absolute Gasteiger partial charge is 0.497 e. The van der Waals surface area contributed by atoms with E-state index < -0.39 is 30.2 Å². The molecule has 0 fully saturated rings. The lowest BCUT2D eigenvalue weighted by Crippen LogP contribution is -2.23. The standard InChI is InChI=1S/C13H16O5/c1-8(11(13(16)17)7-12(14)15)9-4-3-5-10(6-9)18-2/h3-6,8,11H,7H2,1-2H3,(H,14,15)(H,16,17)/t8-,11-/m1/s1. The van der Waals surface area contributed by atoms with Crippen molar-refractivity contribution in [1.82, 2.24) is 0 Å². The molecule has 0 spiro atoms. The molecule has 0 aliphatic heterocycles. The quantitative estimate of drug-likeness (QED) is 0.808. The van der Waals surface area contributed by atoms with Crippen LogP contribution in [0.4, 0.5) is 0 Å². The lowest BCUT2D eigenvalue weighted by atomic mass is 9.85. The van der Waals surface area contributed by atoms with Crippen LogP contribution in [0.15, 0.2) is 24.3 Å². The Morgan fingerprint density at radius 1 is 1.33 bits per heavy atom. The number of carboxylic acids is 2. The highest BCUT2D eigenvalue weighted by Crippen LogP contribution is 2.29. The zero-order chi connectivity index (χ0) is 13.7. The van der Waals surface area contributed by atoms with Crippen LogP contribution in [-0.4, -0.2) is 29.3 Å². The Bertz CT molecular complexity index is 441. The highest BCUT2D eigenvalue weighted by molar-refractivity contribution is 5.78. The molecule has 5 heteroatoms. The van der Waals surface area contributed by atoms with Crippen molar-refractivity contribution in [2.45, 2.75) is 19.3 Å². The average Bonchev–Trinajstić information content (AvgIpc) is 2.34. The molecule has 0 aliphatic carbocycles. The van der Waals surface area contributed by atoms with Crippen LogP contribution in [0, 0.1) is 5.92 Å². The van der Waals surface area contributed by atoms with Crippen LogP contribution in [0.3, 0.4) is 0 Å². The lowest BCUT2D eigenvalue weighted by Gasteiger charge is -2.19. The van der Waals surface area contributed by atoms with Gasteiger partial charge in [0, 0.05) is 0 Å². The number of methoxy groups -OCH3 is 1. The summed E-state index contributed by atoms with van der Waals surface area (Å²) in [7, 11) is 1.52. The smallest absolute Gasteiger partial charge is 0.307 e. The van der Waals surface area contributed by atoms with Gasteiger partial charge in [0.05, 0.1) is 19.4 Å². The van der Waals surface area contributed by atoms with Crippen LogP contribution in [-0.2, 0) is 9.59 Å². The molecule has 0 saturated carbocycles. The summed E-state index contributed by atoms with van der Waals surface area (Å²) in [6, 6.07) is 7.00. The first kappa shape index (κ1) is 14.0. The molecule has 1 aromatic carbocycles. The highest BCUT2D eigenvalue weighted by atomic mass is 16.5. The molecular weight excluding hydrogens is 236 g/mol. The minimum atomic E-state index is -1.11. The summed E-state index contributed by atoms with van der Waals surface area (Å²) in [6.45, 7) is 1.70. The van der Waals surface area contributed by atoms with E-state index in [0.717, 1.165) is 5.56 Å². The zero-order valence-corrected chi connectivity index (χ0v) is 10.3. The van der Waals surface area contributed by atoms with Crippen molar-refractivity contribution in [3.63, 3.8) is 0 Å². The van der Waals surface area contributed by atoms with Crippen LogP contribution in [0.2, 0.25) is 0 Å². The molecule has 0 amide bonds. The van der Waals surface area contributed by atoms with Crippen molar-refractivity contribution in [2.75, 3.05) is 7.11 Å². The van der Waals surface area contributed by atoms with Crippen molar-refractivity contribution in [3.05, 3.63) is 29.8 Å². The van der Waals surface area contributed by atoms with Gasteiger partial charge < -0.3 is 14.9 Å². The minimum Gasteiger partial charge on any atom is -0.497 e. The predicted octanol–water partition coefficient (Wildman–Crippen LogP) is 1.97. The van der Waals surface area contributed by atoms with E-state index in [1.54, 1.807) is 31.2 Å². The van der Waals surface area contributed by atoms with Gasteiger partial charge in [-0.2, -0.15) is 0 Å². The fourth-order valence-electron chi connectivity index (χ4n) is 1.82. The van der Waals surface area contributed by atoms with E-state index in [1.165, 1.54) is 7.11 Å². The first-order valence-corrected chi connectivity index (χ1v) is 5.54. The van der Waals surface area contributed by atoms with E-state index in [-0.39, 0.29) is 0 Å². The van der Waals surface area contributed by atoms with E-state index in [0.29, 0.717) is 5.75 Å². The third kappa shape index (κ3) is 3.48. The summed E-state index contributed by atoms with van der Waals surface area (Å²) < 4.78 is 5.06. The maximum atomic E-state index is 11.1. The van der Waals surface area contributed by atoms with Gasteiger partial charge in [0.2, 0.25) is 0 Å². The van der Waals surface area contributed by atoms with E-state index >= 15 is 0 Å². The molecule has 0 saturated heterocycles. The second kappa shape index (κ2) is 6.05. The van der Waals surface area contributed by atoms with E-state index in [2.05, 4.69) is 0 Å². The molecule has 98 valence electrons. The highest BCUT2D eigenvalue weighted by Gasteiger charge is 2.28. The van der Waals surface area contributed by atoms with Gasteiger partial charge in [-0.15, -0.1) is 0 Å². The van der Waals surface area contributed by atoms with Crippen molar-refractivity contribution < 1.29 is 24.5 Å². The van der Waals surface area contributed by atoms with E-state index in [4.69, 9.17) is 14.9 Å². The van der Waals surface area contributed by atoms with Gasteiger partial charge in [-0.1, -0.05) is 19.1 Å². The van der Waals surface area contributed by atoms with Crippen LogP contribution >= 0.6 is 0 Å². The van der Waals surface area contributed by atoms with Crippen LogP contribution in [0.25, 0.3) is 0 Å². The topological polar surface area (TPSA) is 83.8 Å². The second-order valence-electron chi connectivity index (χ2n) is 4.11. The lowest BCUT2D eigenvalue weighted by molar-refractivity contribution is -0.149. The molecule has 18 heavy (non-hydrogen) atoms. The van der Waals surface area contributed by atoms with E-state index in [9.17, 15) is 9.59 Å². The zero-order valence-electron chi connectivity index (χ0n) is 10.3. The summed E-state index contributed by atoms with van der Waals surface area (Å²) in [5.41, 5.74) is 0.753. The molecule has 2 atom stereocenters. The molecule has 1 aromatic rings. The summed E-state index contributed by atoms with van der Waals surface area (Å²) in [6.07, 6.45) is -0.395. The summed E-state index contributed by atoms with van der Waals surface area (Å²) in [5, 5.41) is 17.8. The summed E-state index contributed by atoms with van der Waals surface area (Å²) in [4.78, 5) is 21.8. The molecule has 0 bridgehead atoms. The number of hydrogen-bond acceptors (Lipinski definition) is 3. The monoisotopic (exact) mass is 252 g/mol. The van der Waals surface area contributed by atoms with Gasteiger partial charge in [-0.3, -0.25) is 9.59 Å².